The molecular weight excluding hydrogens is 332 g/mol. The molecule has 0 saturated carbocycles. The quantitative estimate of drug-likeness (QED) is 0.462. The third-order valence-corrected chi connectivity index (χ3v) is 2.42. The van der Waals surface area contributed by atoms with Gasteiger partial charge in [0.05, 0.1) is 5.56 Å². The molecule has 0 radical (unpaired) electrons. The molecule has 0 aromatic heterocycles. The van der Waals surface area contributed by atoms with Crippen molar-refractivity contribution in [2.75, 3.05) is 0 Å². The predicted octanol–water partition coefficient (Wildman–Crippen LogP) is 4.31. The summed E-state index contributed by atoms with van der Waals surface area (Å²) in [7, 11) is 0. The molecule has 0 aliphatic rings. The second kappa shape index (κ2) is 9.49. The minimum absolute atomic E-state index is 0.0579. The fraction of sp³-hybridized carbons (Fsp3) is 0.250. The minimum Gasteiger partial charge on any atom is -0.457 e. The molecule has 0 heterocycles. The lowest BCUT2D eigenvalue weighted by molar-refractivity contribution is -0.178. The number of halogens is 4. The maximum Gasteiger partial charge on any atom is 0.416 e. The summed E-state index contributed by atoms with van der Waals surface area (Å²) in [4.78, 5) is 23.6. The van der Waals surface area contributed by atoms with Crippen LogP contribution in [0.25, 0.3) is 0 Å². The first-order valence-electron chi connectivity index (χ1n) is 6.46. The number of benzene rings is 1. The number of hydrogen-bond acceptors (Lipinski definition) is 4. The molecule has 8 heteroatoms. The monoisotopic (exact) mass is 348 g/mol. The largest absolute Gasteiger partial charge is 0.457 e. The van der Waals surface area contributed by atoms with Crippen molar-refractivity contribution in [1.82, 2.24) is 0 Å². The summed E-state index contributed by atoms with van der Waals surface area (Å²) in [5.74, 6) is -1.58. The first kappa shape index (κ1) is 21.4. The van der Waals surface area contributed by atoms with Gasteiger partial charge in [0.25, 0.3) is 0 Å². The molecular formula is C16H16F4O4. The van der Waals surface area contributed by atoms with Gasteiger partial charge in [-0.3, -0.25) is 0 Å². The standard InChI is InChI=1S/C12H11F3O2.C4H5FO2/c1-8(2)11(16)17-7-9-3-5-10(6-4-9)12(13,14)15;1-3(2)4(6)7-5/h3-6H,1,7H2,2H3;1H2,2H3. The number of esters is 1. The number of carbonyl (C=O) groups is 2. The van der Waals surface area contributed by atoms with Crippen LogP contribution in [0, 0.1) is 0 Å². The highest BCUT2D eigenvalue weighted by atomic mass is 19.4. The van der Waals surface area contributed by atoms with Gasteiger partial charge in [-0.05, 0) is 31.5 Å². The molecule has 24 heavy (non-hydrogen) atoms. The summed E-state index contributed by atoms with van der Waals surface area (Å²) < 4.78 is 52.2. The van der Waals surface area contributed by atoms with E-state index in [1.54, 1.807) is 0 Å². The highest BCUT2D eigenvalue weighted by molar-refractivity contribution is 5.87. The summed E-state index contributed by atoms with van der Waals surface area (Å²) in [6.45, 7) is 9.29. The van der Waals surface area contributed by atoms with Crippen molar-refractivity contribution in [2.45, 2.75) is 26.6 Å². The van der Waals surface area contributed by atoms with Crippen LogP contribution < -0.4 is 0 Å². The van der Waals surface area contributed by atoms with Crippen LogP contribution >= 0.6 is 0 Å². The molecule has 0 spiro atoms. The lowest BCUT2D eigenvalue weighted by Crippen LogP contribution is -2.06. The lowest BCUT2D eigenvalue weighted by atomic mass is 10.1. The van der Waals surface area contributed by atoms with Crippen LogP contribution in [0.4, 0.5) is 17.7 Å². The van der Waals surface area contributed by atoms with Gasteiger partial charge in [-0.1, -0.05) is 25.3 Å². The molecule has 0 unspecified atom stereocenters. The Bertz CT molecular complexity index is 603. The van der Waals surface area contributed by atoms with E-state index in [4.69, 9.17) is 4.74 Å². The fourth-order valence-corrected chi connectivity index (χ4v) is 1.13. The van der Waals surface area contributed by atoms with E-state index in [2.05, 4.69) is 18.1 Å². The zero-order chi connectivity index (χ0) is 18.9. The molecule has 0 aliphatic carbocycles. The molecule has 1 rings (SSSR count). The SMILES string of the molecule is C=C(C)C(=O)OCc1ccc(C(F)(F)F)cc1.C=C(C)C(=O)OF. The molecule has 1 aromatic rings. The van der Waals surface area contributed by atoms with Crippen LogP contribution in [0.15, 0.2) is 48.6 Å². The highest BCUT2D eigenvalue weighted by Gasteiger charge is 2.29. The van der Waals surface area contributed by atoms with Crippen molar-refractivity contribution in [3.8, 4) is 0 Å². The first-order valence-corrected chi connectivity index (χ1v) is 6.46. The minimum atomic E-state index is -4.35. The Balaban J connectivity index is 0.000000640. The van der Waals surface area contributed by atoms with Gasteiger partial charge in [0.1, 0.15) is 6.61 Å². The summed E-state index contributed by atoms with van der Waals surface area (Å²) >= 11 is 0. The Hall–Kier alpha value is -2.64. The molecule has 0 aliphatic heterocycles. The topological polar surface area (TPSA) is 52.6 Å². The van der Waals surface area contributed by atoms with E-state index in [1.165, 1.54) is 26.0 Å². The van der Waals surface area contributed by atoms with Gasteiger partial charge in [-0.25, -0.2) is 14.5 Å². The average Bonchev–Trinajstić information content (AvgIpc) is 2.51. The highest BCUT2D eigenvalue weighted by Crippen LogP contribution is 2.29. The zero-order valence-corrected chi connectivity index (χ0v) is 13.1. The number of ether oxygens (including phenoxy) is 1. The fourth-order valence-electron chi connectivity index (χ4n) is 1.13. The Labute approximate surface area is 136 Å². The number of carbonyl (C=O) groups excluding carboxylic acids is 2. The van der Waals surface area contributed by atoms with Crippen molar-refractivity contribution in [2.24, 2.45) is 0 Å². The van der Waals surface area contributed by atoms with Crippen LogP contribution in [0.1, 0.15) is 25.0 Å². The number of hydrogen-bond donors (Lipinski definition) is 0. The summed E-state index contributed by atoms with van der Waals surface area (Å²) in [5.41, 5.74) is 0.0690. The zero-order valence-electron chi connectivity index (χ0n) is 13.1. The van der Waals surface area contributed by atoms with Gasteiger partial charge < -0.3 is 4.74 Å². The van der Waals surface area contributed by atoms with Crippen LogP contribution in [0.3, 0.4) is 0 Å². The molecule has 0 fully saturated rings. The van der Waals surface area contributed by atoms with Gasteiger partial charge in [-0.15, -0.1) is 0 Å². The Morgan fingerprint density at radius 3 is 1.75 bits per heavy atom. The Morgan fingerprint density at radius 1 is 1.00 bits per heavy atom. The summed E-state index contributed by atoms with van der Waals surface area (Å²) in [6.07, 6.45) is -4.35. The Kier molecular flexibility index (Phi) is 8.44. The van der Waals surface area contributed by atoms with E-state index in [0.29, 0.717) is 5.56 Å². The smallest absolute Gasteiger partial charge is 0.416 e. The van der Waals surface area contributed by atoms with Crippen molar-refractivity contribution < 1.29 is 37.0 Å². The molecule has 132 valence electrons. The van der Waals surface area contributed by atoms with Gasteiger partial charge in [-0.2, -0.15) is 13.2 Å². The van der Waals surface area contributed by atoms with Crippen LogP contribution in [-0.4, -0.2) is 11.9 Å². The molecule has 0 bridgehead atoms. The first-order chi connectivity index (χ1) is 11.0. The van der Waals surface area contributed by atoms with Gasteiger partial charge >= 0.3 is 18.1 Å². The lowest BCUT2D eigenvalue weighted by Gasteiger charge is -2.08. The predicted molar refractivity (Wildman–Crippen MR) is 78.1 cm³/mol. The van der Waals surface area contributed by atoms with E-state index in [9.17, 15) is 27.3 Å². The average molecular weight is 348 g/mol. The van der Waals surface area contributed by atoms with Gasteiger partial charge in [0.2, 0.25) is 0 Å². The van der Waals surface area contributed by atoms with Crippen LogP contribution in [-0.2, 0) is 32.1 Å². The molecule has 0 saturated heterocycles. The van der Waals surface area contributed by atoms with Crippen LogP contribution in [0.2, 0.25) is 0 Å². The second-order valence-electron chi connectivity index (χ2n) is 4.70. The maximum absolute atomic E-state index is 12.2. The van der Waals surface area contributed by atoms with Gasteiger partial charge in [0.15, 0.2) is 0 Å². The van der Waals surface area contributed by atoms with Crippen molar-refractivity contribution in [3.63, 3.8) is 0 Å². The van der Waals surface area contributed by atoms with E-state index >= 15 is 0 Å². The summed E-state index contributed by atoms with van der Waals surface area (Å²) in [6, 6.07) is 4.44. The number of rotatable bonds is 4. The molecule has 4 nitrogen and oxygen atoms in total. The van der Waals surface area contributed by atoms with E-state index in [1.807, 2.05) is 0 Å². The number of alkyl halides is 3. The molecule has 0 N–H and O–H groups in total. The Morgan fingerprint density at radius 2 is 1.46 bits per heavy atom. The second-order valence-corrected chi connectivity index (χ2v) is 4.70. The van der Waals surface area contributed by atoms with Gasteiger partial charge in [0, 0.05) is 15.7 Å². The van der Waals surface area contributed by atoms with Crippen molar-refractivity contribution in [1.29, 1.82) is 0 Å². The molecule has 0 atom stereocenters. The molecule has 0 amide bonds. The normalized spacial score (nSPS) is 10.1. The van der Waals surface area contributed by atoms with Crippen molar-refractivity contribution >= 4 is 11.9 Å². The maximum atomic E-state index is 12.2. The third-order valence-electron chi connectivity index (χ3n) is 2.42. The molecule has 1 aromatic carbocycles. The third kappa shape index (κ3) is 8.11. The van der Waals surface area contributed by atoms with Crippen molar-refractivity contribution in [3.05, 3.63) is 59.7 Å². The van der Waals surface area contributed by atoms with Crippen LogP contribution in [0.5, 0.6) is 0 Å². The van der Waals surface area contributed by atoms with E-state index in [-0.39, 0.29) is 17.8 Å². The van der Waals surface area contributed by atoms with E-state index < -0.39 is 23.7 Å². The van der Waals surface area contributed by atoms with E-state index in [0.717, 1.165) is 12.1 Å². The summed E-state index contributed by atoms with van der Waals surface area (Å²) in [5, 5.41) is 0.